The van der Waals surface area contributed by atoms with Gasteiger partial charge in [0.1, 0.15) is 0 Å². The molecule has 1 amide bonds. The Hall–Kier alpha value is -2.43. The van der Waals surface area contributed by atoms with Crippen LogP contribution in [0.2, 0.25) is 0 Å². The van der Waals surface area contributed by atoms with E-state index in [-0.39, 0.29) is 16.7 Å². The molecular formula is C20H25N3O5S2. The molecule has 0 saturated carbocycles. The minimum atomic E-state index is -3.71. The maximum Gasteiger partial charge on any atom is 0.253 e. The lowest BCUT2D eigenvalue weighted by atomic mass is 9.89. The molecule has 0 unspecified atom stereocenters. The van der Waals surface area contributed by atoms with Crippen molar-refractivity contribution in [1.29, 1.82) is 0 Å². The highest BCUT2D eigenvalue weighted by Crippen LogP contribution is 2.29. The van der Waals surface area contributed by atoms with Gasteiger partial charge in [-0.25, -0.2) is 22.0 Å². The second-order valence-corrected chi connectivity index (χ2v) is 10.9. The van der Waals surface area contributed by atoms with E-state index < -0.39 is 20.0 Å². The van der Waals surface area contributed by atoms with Crippen LogP contribution in [0, 0.1) is 6.92 Å². The van der Waals surface area contributed by atoms with Crippen molar-refractivity contribution in [3.63, 3.8) is 0 Å². The largest absolute Gasteiger partial charge is 0.339 e. The Bertz CT molecular complexity index is 1150. The monoisotopic (exact) mass is 451 g/mol. The second kappa shape index (κ2) is 8.37. The van der Waals surface area contributed by atoms with Gasteiger partial charge < -0.3 is 4.90 Å². The van der Waals surface area contributed by atoms with Gasteiger partial charge in [0.05, 0.1) is 16.8 Å². The van der Waals surface area contributed by atoms with Crippen molar-refractivity contribution in [2.24, 2.45) is 5.14 Å². The number of carbonyl (C=O) groups is 1. The average Bonchev–Trinajstić information content (AvgIpc) is 2.68. The number of rotatable bonds is 5. The number of nitrogens with two attached hydrogens (primary N) is 1. The zero-order valence-electron chi connectivity index (χ0n) is 16.8. The van der Waals surface area contributed by atoms with E-state index in [1.165, 1.54) is 12.1 Å². The molecule has 0 bridgehead atoms. The molecule has 1 fully saturated rings. The Morgan fingerprint density at radius 2 is 1.63 bits per heavy atom. The molecule has 10 heteroatoms. The summed E-state index contributed by atoms with van der Waals surface area (Å²) in [6, 6.07) is 11.5. The number of hydrogen-bond donors (Lipinski definition) is 2. The van der Waals surface area contributed by atoms with Crippen molar-refractivity contribution in [2.75, 3.05) is 24.1 Å². The van der Waals surface area contributed by atoms with Crippen LogP contribution in [0.25, 0.3) is 0 Å². The fraction of sp³-hybridized carbons (Fsp3) is 0.350. The summed E-state index contributed by atoms with van der Waals surface area (Å²) in [5.74, 6) is 0.0821. The molecule has 1 saturated heterocycles. The summed E-state index contributed by atoms with van der Waals surface area (Å²) in [5, 5.41) is 5.14. The third-order valence-corrected chi connectivity index (χ3v) is 6.76. The van der Waals surface area contributed by atoms with E-state index in [1.54, 1.807) is 42.2 Å². The van der Waals surface area contributed by atoms with Crippen LogP contribution in [0.4, 0.5) is 5.69 Å². The molecular weight excluding hydrogens is 426 g/mol. The number of carbonyl (C=O) groups excluding carboxylic acids is 1. The number of anilines is 1. The van der Waals surface area contributed by atoms with Gasteiger partial charge in [-0.3, -0.25) is 9.52 Å². The number of hydrogen-bond acceptors (Lipinski definition) is 5. The lowest BCUT2D eigenvalue weighted by Crippen LogP contribution is -2.38. The van der Waals surface area contributed by atoms with E-state index in [1.807, 2.05) is 0 Å². The number of amides is 1. The quantitative estimate of drug-likeness (QED) is 0.719. The van der Waals surface area contributed by atoms with Gasteiger partial charge in [0.2, 0.25) is 20.0 Å². The van der Waals surface area contributed by atoms with Crippen LogP contribution < -0.4 is 9.86 Å². The molecule has 3 N–H and O–H groups in total. The molecule has 8 nitrogen and oxygen atoms in total. The normalized spacial score (nSPS) is 15.8. The van der Waals surface area contributed by atoms with Crippen LogP contribution in [0.5, 0.6) is 0 Å². The summed E-state index contributed by atoms with van der Waals surface area (Å²) in [6.45, 7) is 2.89. The highest BCUT2D eigenvalue weighted by Gasteiger charge is 2.25. The molecule has 2 aromatic carbocycles. The van der Waals surface area contributed by atoms with Gasteiger partial charge in [-0.05, 0) is 61.1 Å². The Morgan fingerprint density at radius 3 is 2.17 bits per heavy atom. The van der Waals surface area contributed by atoms with Crippen LogP contribution >= 0.6 is 0 Å². The fourth-order valence-corrected chi connectivity index (χ4v) is 4.73. The predicted molar refractivity (Wildman–Crippen MR) is 115 cm³/mol. The number of aryl methyl sites for hydroxylation is 1. The average molecular weight is 452 g/mol. The van der Waals surface area contributed by atoms with Gasteiger partial charge in [0.25, 0.3) is 5.91 Å². The Kier molecular flexibility index (Phi) is 6.21. The number of sulfonamides is 2. The van der Waals surface area contributed by atoms with Crippen LogP contribution in [-0.4, -0.2) is 47.0 Å². The van der Waals surface area contributed by atoms with E-state index in [9.17, 15) is 21.6 Å². The first-order valence-corrected chi connectivity index (χ1v) is 12.9. The number of nitrogens with one attached hydrogen (secondary N) is 1. The maximum absolute atomic E-state index is 12.9. The fourth-order valence-electron chi connectivity index (χ4n) is 3.59. The molecule has 30 heavy (non-hydrogen) atoms. The van der Waals surface area contributed by atoms with E-state index in [0.717, 1.165) is 30.2 Å². The first-order chi connectivity index (χ1) is 13.9. The number of primary sulfonamides is 1. The highest BCUT2D eigenvalue weighted by atomic mass is 32.2. The van der Waals surface area contributed by atoms with Crippen LogP contribution in [0.15, 0.2) is 47.4 Å². The van der Waals surface area contributed by atoms with Crippen molar-refractivity contribution in [2.45, 2.75) is 30.6 Å². The predicted octanol–water partition coefficient (Wildman–Crippen LogP) is 2.03. The maximum atomic E-state index is 12.9. The first kappa shape index (κ1) is 22.3. The van der Waals surface area contributed by atoms with Gasteiger partial charge in [0.15, 0.2) is 0 Å². The summed E-state index contributed by atoms with van der Waals surface area (Å²) in [5.41, 5.74) is 2.58. The molecule has 2 aromatic rings. The minimum absolute atomic E-state index is 0.0803. The topological polar surface area (TPSA) is 127 Å². The lowest BCUT2D eigenvalue weighted by molar-refractivity contribution is 0.0713. The van der Waals surface area contributed by atoms with Crippen molar-refractivity contribution in [1.82, 2.24) is 4.90 Å². The van der Waals surface area contributed by atoms with E-state index >= 15 is 0 Å². The number of likely N-dealkylation sites (tertiary alicyclic amines) is 1. The van der Waals surface area contributed by atoms with E-state index in [0.29, 0.717) is 24.3 Å². The molecule has 3 rings (SSSR count). The van der Waals surface area contributed by atoms with Gasteiger partial charge in [-0.2, -0.15) is 0 Å². The third kappa shape index (κ3) is 5.38. The van der Waals surface area contributed by atoms with Gasteiger partial charge in [0, 0.05) is 18.7 Å². The third-order valence-electron chi connectivity index (χ3n) is 5.24. The lowest BCUT2D eigenvalue weighted by Gasteiger charge is -2.32. The van der Waals surface area contributed by atoms with Gasteiger partial charge >= 0.3 is 0 Å². The SMILES string of the molecule is Cc1ccc(C(=O)N2CCC(c3ccc(S(N)(=O)=O)cc3)CC2)cc1NS(C)(=O)=O. The molecule has 1 aliphatic rings. The van der Waals surface area contributed by atoms with Crippen molar-refractivity contribution in [3.05, 3.63) is 59.2 Å². The molecule has 0 atom stereocenters. The summed E-state index contributed by atoms with van der Waals surface area (Å²) in [6.07, 6.45) is 2.57. The number of nitrogens with zero attached hydrogens (tertiary/aromatic N) is 1. The summed E-state index contributed by atoms with van der Waals surface area (Å²) in [7, 11) is -7.15. The van der Waals surface area contributed by atoms with E-state index in [4.69, 9.17) is 5.14 Å². The van der Waals surface area contributed by atoms with Gasteiger partial charge in [-0.15, -0.1) is 0 Å². The second-order valence-electron chi connectivity index (χ2n) is 7.58. The van der Waals surface area contributed by atoms with Crippen molar-refractivity contribution < 1.29 is 21.6 Å². The van der Waals surface area contributed by atoms with Crippen LogP contribution in [0.1, 0.15) is 40.2 Å². The van der Waals surface area contributed by atoms with Crippen molar-refractivity contribution >= 4 is 31.6 Å². The molecule has 162 valence electrons. The zero-order valence-corrected chi connectivity index (χ0v) is 18.5. The number of benzene rings is 2. The van der Waals surface area contributed by atoms with Crippen LogP contribution in [0.3, 0.4) is 0 Å². The van der Waals surface area contributed by atoms with Crippen LogP contribution in [-0.2, 0) is 20.0 Å². The number of piperidine rings is 1. The molecule has 0 aromatic heterocycles. The standard InChI is InChI=1S/C20H25N3O5S2/c1-14-3-4-17(13-19(14)22-29(2,25)26)20(24)23-11-9-16(10-12-23)15-5-7-18(8-6-15)30(21,27)28/h3-8,13,16,22H,9-12H2,1-2H3,(H2,21,27,28). The zero-order chi connectivity index (χ0) is 22.1. The summed E-state index contributed by atoms with van der Waals surface area (Å²) >= 11 is 0. The molecule has 0 radical (unpaired) electrons. The molecule has 1 aliphatic heterocycles. The van der Waals surface area contributed by atoms with Gasteiger partial charge in [-0.1, -0.05) is 18.2 Å². The smallest absolute Gasteiger partial charge is 0.253 e. The Balaban J connectivity index is 1.68. The minimum Gasteiger partial charge on any atom is -0.339 e. The van der Waals surface area contributed by atoms with E-state index in [2.05, 4.69) is 4.72 Å². The summed E-state index contributed by atoms with van der Waals surface area (Å²) < 4.78 is 48.3. The van der Waals surface area contributed by atoms with Crippen molar-refractivity contribution in [3.8, 4) is 0 Å². The summed E-state index contributed by atoms with van der Waals surface area (Å²) in [4.78, 5) is 14.7. The first-order valence-electron chi connectivity index (χ1n) is 9.44. The molecule has 0 aliphatic carbocycles. The Morgan fingerprint density at radius 1 is 1.03 bits per heavy atom. The molecule has 0 spiro atoms. The Labute approximate surface area is 177 Å². The molecule has 1 heterocycles. The highest BCUT2D eigenvalue weighted by molar-refractivity contribution is 7.92.